The average Bonchev–Trinajstić information content (AvgIpc) is 3.81. The Hall–Kier alpha value is -1.10. The van der Waals surface area contributed by atoms with E-state index in [4.69, 9.17) is 47.4 Å². The Morgan fingerprint density at radius 2 is 1.19 bits per heavy atom. The molecule has 6 saturated heterocycles. The molecule has 11 N–H and O–H groups in total. The lowest BCUT2D eigenvalue weighted by atomic mass is 9.47. The zero-order valence-corrected chi connectivity index (χ0v) is 42.2. The van der Waals surface area contributed by atoms with Gasteiger partial charge >= 0.3 is 0 Å². The molecule has 0 aromatic heterocycles. The van der Waals surface area contributed by atoms with Crippen LogP contribution in [-0.4, -0.2) is 217 Å². The first-order valence-electron chi connectivity index (χ1n) is 26.7. The number of hydrogen-bond donors (Lipinski definition) is 11. The molecule has 21 heteroatoms. The minimum absolute atomic E-state index is 0.0829. The summed E-state index contributed by atoms with van der Waals surface area (Å²) in [6, 6.07) is 0. The predicted molar refractivity (Wildman–Crippen MR) is 245 cm³/mol. The number of aliphatic hydroxyl groups is 11. The molecule has 72 heavy (non-hydrogen) atoms. The summed E-state index contributed by atoms with van der Waals surface area (Å²) >= 11 is 0. The zero-order valence-electron chi connectivity index (χ0n) is 42.2. The minimum atomic E-state index is -1.92. The van der Waals surface area contributed by atoms with E-state index in [0.717, 1.165) is 51.6 Å². The lowest BCUT2D eigenvalue weighted by Crippen LogP contribution is -2.67. The standard InChI is InChI=1S/C51H82O21/c1-20-9-14-51(63-19-20)21(2)32-29(72-51)16-28-26-8-7-24-15-25(10-12-49(24,5)27(26)11-13-50(28,32)6)66-48-44(71-45-39(60)36(57)33(54)22(3)64-45)43(35(56)31(18-53)68-48)70-46-41(62)38(59)42(23(4)65-46)69-47-40(61)37(58)34(55)30(17-52)67-47/h7,20-23,25-48,52-62H,8-19H2,1-6H3/t20?,21-,22-,23-,25-,26+,27-,28-,29-,30+,31+,32-,33-,34+,35+,36+,37-,38-,39+,40+,41+,42-,43-,44+,45-,46-,47-,48+,49-,50-,51+/m0/s1. The van der Waals surface area contributed by atoms with Crippen LogP contribution in [0.1, 0.15) is 99.3 Å². The largest absolute Gasteiger partial charge is 0.394 e. The normalized spacial score (nSPS) is 57.8. The van der Waals surface area contributed by atoms with Crippen LogP contribution in [0.15, 0.2) is 11.6 Å². The molecule has 0 bridgehead atoms. The number of allylic oxidation sites excluding steroid dienone is 1. The van der Waals surface area contributed by atoms with Crippen LogP contribution in [0.25, 0.3) is 0 Å². The number of hydrogen-bond acceptors (Lipinski definition) is 21. The van der Waals surface area contributed by atoms with Gasteiger partial charge in [0.25, 0.3) is 0 Å². The second kappa shape index (κ2) is 20.6. The van der Waals surface area contributed by atoms with Crippen molar-refractivity contribution >= 4 is 0 Å². The Balaban J connectivity index is 0.861. The van der Waals surface area contributed by atoms with Crippen molar-refractivity contribution in [1.82, 2.24) is 0 Å². The molecule has 412 valence electrons. The van der Waals surface area contributed by atoms with Crippen LogP contribution in [0, 0.1) is 46.3 Å². The van der Waals surface area contributed by atoms with E-state index in [1.807, 2.05) is 0 Å². The second-order valence-electron chi connectivity index (χ2n) is 23.9. The van der Waals surface area contributed by atoms with Crippen molar-refractivity contribution in [2.45, 2.75) is 240 Å². The minimum Gasteiger partial charge on any atom is -0.394 e. The number of fused-ring (bicyclic) bond motifs is 7. The lowest BCUT2D eigenvalue weighted by molar-refractivity contribution is -0.398. The van der Waals surface area contributed by atoms with Crippen molar-refractivity contribution < 1.29 is 104 Å². The van der Waals surface area contributed by atoms with Crippen molar-refractivity contribution in [2.75, 3.05) is 19.8 Å². The Kier molecular flexibility index (Phi) is 15.5. The summed E-state index contributed by atoms with van der Waals surface area (Å²) in [5, 5.41) is 119. The van der Waals surface area contributed by atoms with Crippen LogP contribution < -0.4 is 0 Å². The van der Waals surface area contributed by atoms with Gasteiger partial charge in [-0.05, 0) is 106 Å². The van der Waals surface area contributed by atoms with Gasteiger partial charge < -0.3 is 104 Å². The van der Waals surface area contributed by atoms with Crippen LogP contribution in [0.2, 0.25) is 0 Å². The quantitative estimate of drug-likeness (QED) is 0.118. The van der Waals surface area contributed by atoms with E-state index < -0.39 is 148 Å². The maximum Gasteiger partial charge on any atom is 0.187 e. The number of aliphatic hydroxyl groups excluding tert-OH is 11. The van der Waals surface area contributed by atoms with E-state index >= 15 is 0 Å². The summed E-state index contributed by atoms with van der Waals surface area (Å²) in [6.45, 7) is 11.8. The molecule has 6 heterocycles. The molecule has 1 spiro atoms. The van der Waals surface area contributed by atoms with Crippen LogP contribution >= 0.6 is 0 Å². The predicted octanol–water partition coefficient (Wildman–Crippen LogP) is -0.934. The summed E-state index contributed by atoms with van der Waals surface area (Å²) in [5.41, 5.74) is 1.37. The third-order valence-electron chi connectivity index (χ3n) is 19.8. The fourth-order valence-corrected chi connectivity index (χ4v) is 15.5. The zero-order chi connectivity index (χ0) is 51.5. The van der Waals surface area contributed by atoms with E-state index in [-0.39, 0.29) is 16.9 Å². The van der Waals surface area contributed by atoms with E-state index in [1.54, 1.807) is 0 Å². The highest BCUT2D eigenvalue weighted by Gasteiger charge is 2.69. The molecule has 10 aliphatic rings. The van der Waals surface area contributed by atoms with Gasteiger partial charge in [0.2, 0.25) is 0 Å². The molecule has 3 saturated carbocycles. The monoisotopic (exact) mass is 1030 g/mol. The van der Waals surface area contributed by atoms with Gasteiger partial charge in [-0.15, -0.1) is 0 Å². The first-order valence-corrected chi connectivity index (χ1v) is 26.7. The first-order chi connectivity index (χ1) is 34.1. The SMILES string of the molecule is CC1CC[C@@]2(OC1)O[C@H]1C[C@H]3[C@@H]4CC=C5C[C@@H](O[C@@H]6O[C@H](CO)[C@@H](O)[C@H](O[C@@H]7O[C@@H](C)[C@H](O[C@@H]8O[C@H](CO)[C@@H](O)[C@H](O)[C@H]8O)[C@@H](O)[C@H]7O)[C@H]6O[C@@H]6O[C@@H](C)[C@H](O)[C@@H](O)[C@H]6O)CC[C@]5(C)[C@H]4CC[C@]3(C)[C@H]1[C@@H]2C. The molecule has 4 aliphatic carbocycles. The summed E-state index contributed by atoms with van der Waals surface area (Å²) in [5.74, 6) is 2.36. The van der Waals surface area contributed by atoms with E-state index in [2.05, 4.69) is 33.8 Å². The average molecular weight is 1030 g/mol. The topological polar surface area (TPSA) is 315 Å². The lowest BCUT2D eigenvalue weighted by Gasteiger charge is -2.59. The summed E-state index contributed by atoms with van der Waals surface area (Å²) < 4.78 is 62.5. The molecule has 1 unspecified atom stereocenters. The van der Waals surface area contributed by atoms with Crippen molar-refractivity contribution in [3.05, 3.63) is 11.6 Å². The Morgan fingerprint density at radius 3 is 1.88 bits per heavy atom. The van der Waals surface area contributed by atoms with Gasteiger partial charge in [0.05, 0.1) is 44.2 Å². The first kappa shape index (κ1) is 54.3. The van der Waals surface area contributed by atoms with Gasteiger partial charge in [-0.1, -0.05) is 39.3 Å². The molecule has 0 aromatic carbocycles. The van der Waals surface area contributed by atoms with Gasteiger partial charge in [-0.3, -0.25) is 0 Å². The highest BCUT2D eigenvalue weighted by molar-refractivity contribution is 5.26. The van der Waals surface area contributed by atoms with E-state index in [9.17, 15) is 56.2 Å². The van der Waals surface area contributed by atoms with Gasteiger partial charge in [-0.25, -0.2) is 0 Å². The molecular weight excluding hydrogens is 949 g/mol. The van der Waals surface area contributed by atoms with Gasteiger partial charge in [-0.2, -0.15) is 0 Å². The maximum absolute atomic E-state index is 11.8. The Bertz CT molecular complexity index is 1900. The molecular formula is C51H82O21. The molecule has 31 atom stereocenters. The summed E-state index contributed by atoms with van der Waals surface area (Å²) in [4.78, 5) is 0. The van der Waals surface area contributed by atoms with Gasteiger partial charge in [0.15, 0.2) is 30.9 Å². The fraction of sp³-hybridized carbons (Fsp3) is 0.961. The molecule has 6 aliphatic heterocycles. The third-order valence-corrected chi connectivity index (χ3v) is 19.8. The smallest absolute Gasteiger partial charge is 0.187 e. The van der Waals surface area contributed by atoms with Crippen molar-refractivity contribution in [3.63, 3.8) is 0 Å². The van der Waals surface area contributed by atoms with Gasteiger partial charge in [0.1, 0.15) is 85.5 Å². The fourth-order valence-electron chi connectivity index (χ4n) is 15.5. The highest BCUT2D eigenvalue weighted by Crippen LogP contribution is 2.71. The number of ether oxygens (including phenoxy) is 10. The summed E-state index contributed by atoms with van der Waals surface area (Å²) in [7, 11) is 0. The Labute approximate surface area is 420 Å². The van der Waals surface area contributed by atoms with Crippen LogP contribution in [-0.2, 0) is 47.4 Å². The summed E-state index contributed by atoms with van der Waals surface area (Å²) in [6.07, 6.45) is -21.0. The maximum atomic E-state index is 11.8. The van der Waals surface area contributed by atoms with E-state index in [1.165, 1.54) is 19.4 Å². The second-order valence-corrected chi connectivity index (χ2v) is 23.9. The third kappa shape index (κ3) is 9.09. The van der Waals surface area contributed by atoms with E-state index in [0.29, 0.717) is 48.3 Å². The number of rotatable bonds is 10. The molecule has 21 nitrogen and oxygen atoms in total. The van der Waals surface area contributed by atoms with Gasteiger partial charge in [0, 0.05) is 12.3 Å². The molecule has 0 radical (unpaired) electrons. The molecule has 0 aromatic rings. The van der Waals surface area contributed by atoms with Crippen LogP contribution in [0.5, 0.6) is 0 Å². The van der Waals surface area contributed by atoms with Crippen molar-refractivity contribution in [1.29, 1.82) is 0 Å². The Morgan fingerprint density at radius 1 is 0.583 bits per heavy atom. The van der Waals surface area contributed by atoms with Crippen LogP contribution in [0.4, 0.5) is 0 Å². The van der Waals surface area contributed by atoms with Crippen LogP contribution in [0.3, 0.4) is 0 Å². The van der Waals surface area contributed by atoms with Crippen molar-refractivity contribution in [3.8, 4) is 0 Å². The molecule has 10 rings (SSSR count). The van der Waals surface area contributed by atoms with Crippen molar-refractivity contribution in [2.24, 2.45) is 46.3 Å². The molecule has 0 amide bonds. The molecule has 9 fully saturated rings. The highest BCUT2D eigenvalue weighted by atomic mass is 16.8.